The Balaban J connectivity index is 0.000001000. The average molecular weight is 161 g/mol. The summed E-state index contributed by atoms with van der Waals surface area (Å²) in [6.07, 6.45) is 4.26. The molecule has 0 bridgehead atoms. The minimum absolute atomic E-state index is 0. The van der Waals surface area contributed by atoms with E-state index in [2.05, 4.69) is 13.8 Å². The Kier molecular flexibility index (Phi) is 5.47. The van der Waals surface area contributed by atoms with E-state index < -0.39 is 0 Å². The predicted molar refractivity (Wildman–Crippen MR) is 44.3 cm³/mol. The van der Waals surface area contributed by atoms with Crippen molar-refractivity contribution >= 4 is 0 Å². The van der Waals surface area contributed by atoms with Crippen LogP contribution in [-0.2, 0) is 0 Å². The van der Waals surface area contributed by atoms with Crippen LogP contribution < -0.4 is 9.60 Å². The van der Waals surface area contributed by atoms with Crippen molar-refractivity contribution in [1.29, 1.82) is 0 Å². The van der Waals surface area contributed by atoms with E-state index in [0.717, 1.165) is 5.92 Å². The molecule has 0 saturated carbocycles. The second-order valence-corrected chi connectivity index (χ2v) is 3.68. The quantitative estimate of drug-likeness (QED) is 0.465. The van der Waals surface area contributed by atoms with Crippen LogP contribution in [0.3, 0.4) is 0 Å². The van der Waals surface area contributed by atoms with Crippen LogP contribution in [0.4, 0.5) is 0 Å². The zero-order valence-corrected chi connectivity index (χ0v) is 7.70. The molecule has 1 N–H and O–H groups in total. The molecule has 0 radical (unpaired) electrons. The van der Waals surface area contributed by atoms with Crippen molar-refractivity contribution in [2.24, 2.45) is 5.92 Å². The molecular weight excluding hydrogens is 141 g/mol. The zero-order valence-electron chi connectivity index (χ0n) is 7.70. The van der Waals surface area contributed by atoms with Crippen molar-refractivity contribution in [1.82, 2.24) is 0 Å². The lowest BCUT2D eigenvalue weighted by Crippen LogP contribution is -3.13. The van der Waals surface area contributed by atoms with E-state index in [-0.39, 0.29) is 4.70 Å². The van der Waals surface area contributed by atoms with E-state index in [1.165, 1.54) is 38.9 Å². The molecule has 1 rings (SSSR count). The van der Waals surface area contributed by atoms with Crippen molar-refractivity contribution in [3.05, 3.63) is 0 Å². The van der Waals surface area contributed by atoms with Crippen molar-refractivity contribution in [3.8, 4) is 0 Å². The summed E-state index contributed by atoms with van der Waals surface area (Å²) in [5.74, 6) is 1.00. The Hall–Kier alpha value is -0.110. The lowest BCUT2D eigenvalue weighted by atomic mass is 9.99. The molecule has 1 saturated heterocycles. The topological polar surface area (TPSA) is 4.44 Å². The van der Waals surface area contributed by atoms with E-state index in [1.807, 2.05) is 4.90 Å². The predicted octanol–water partition coefficient (Wildman–Crippen LogP) is -2.28. The number of likely N-dealkylation sites (tertiary alicyclic amines) is 1. The molecule has 0 atom stereocenters. The van der Waals surface area contributed by atoms with Crippen molar-refractivity contribution < 1.29 is 9.60 Å². The zero-order chi connectivity index (χ0) is 7.40. The van der Waals surface area contributed by atoms with Crippen molar-refractivity contribution in [3.63, 3.8) is 0 Å². The van der Waals surface area contributed by atoms with Gasteiger partial charge in [-0.2, -0.15) is 0 Å². The standard InChI is InChI=1S/C9H19N.FH/c1-3-6-10-7-4-9(2)5-8-10;/h9H,3-8H2,1-2H3;1H. The molecule has 0 aromatic rings. The molecule has 68 valence electrons. The minimum atomic E-state index is 0. The molecule has 2 heteroatoms. The van der Waals surface area contributed by atoms with Crippen LogP contribution in [-0.4, -0.2) is 19.6 Å². The summed E-state index contributed by atoms with van der Waals surface area (Å²) < 4.78 is 0. The molecule has 0 aliphatic carbocycles. The number of nitrogens with one attached hydrogen (secondary N) is 1. The summed E-state index contributed by atoms with van der Waals surface area (Å²) >= 11 is 0. The SMILES string of the molecule is CCC[NH+]1CCC(C)CC1.[F-]. The van der Waals surface area contributed by atoms with Crippen LogP contribution in [0.25, 0.3) is 0 Å². The summed E-state index contributed by atoms with van der Waals surface area (Å²) in [7, 11) is 0. The van der Waals surface area contributed by atoms with Crippen LogP contribution in [0.1, 0.15) is 33.1 Å². The minimum Gasteiger partial charge on any atom is -1.00 e. The number of hydrogen-bond donors (Lipinski definition) is 1. The van der Waals surface area contributed by atoms with E-state index in [9.17, 15) is 0 Å². The molecular formula is C9H20FN. The fourth-order valence-electron chi connectivity index (χ4n) is 1.77. The molecule has 1 aliphatic heterocycles. The summed E-state index contributed by atoms with van der Waals surface area (Å²) in [5, 5.41) is 0. The maximum atomic E-state index is 2.38. The first-order valence-corrected chi connectivity index (χ1v) is 4.66. The fraction of sp³-hybridized carbons (Fsp3) is 1.00. The van der Waals surface area contributed by atoms with Gasteiger partial charge in [0.2, 0.25) is 0 Å². The Morgan fingerprint density at radius 1 is 1.27 bits per heavy atom. The molecule has 0 amide bonds. The van der Waals surface area contributed by atoms with Crippen molar-refractivity contribution in [2.75, 3.05) is 19.6 Å². The molecule has 11 heavy (non-hydrogen) atoms. The Bertz CT molecular complexity index is 87.6. The number of piperidine rings is 1. The van der Waals surface area contributed by atoms with E-state index >= 15 is 0 Å². The Morgan fingerprint density at radius 3 is 2.27 bits per heavy atom. The Labute approximate surface area is 69.1 Å². The van der Waals surface area contributed by atoms with Gasteiger partial charge in [-0.25, -0.2) is 0 Å². The van der Waals surface area contributed by atoms with Gasteiger partial charge < -0.3 is 9.60 Å². The van der Waals surface area contributed by atoms with E-state index in [0.29, 0.717) is 0 Å². The Morgan fingerprint density at radius 2 is 1.82 bits per heavy atom. The normalized spacial score (nSPS) is 31.1. The molecule has 1 fully saturated rings. The molecule has 0 aromatic heterocycles. The molecule has 0 aromatic carbocycles. The summed E-state index contributed by atoms with van der Waals surface area (Å²) in [6, 6.07) is 0. The number of hydrogen-bond acceptors (Lipinski definition) is 0. The monoisotopic (exact) mass is 161 g/mol. The lowest BCUT2D eigenvalue weighted by Gasteiger charge is -2.26. The molecule has 0 unspecified atom stereocenters. The summed E-state index contributed by atoms with van der Waals surface area (Å²) in [4.78, 5) is 1.83. The maximum absolute atomic E-state index is 2.38. The van der Waals surface area contributed by atoms with Gasteiger partial charge in [0.05, 0.1) is 19.6 Å². The third-order valence-electron chi connectivity index (χ3n) is 2.58. The lowest BCUT2D eigenvalue weighted by molar-refractivity contribution is -0.906. The number of quaternary nitrogens is 1. The average Bonchev–Trinajstić information content (AvgIpc) is 1.95. The van der Waals surface area contributed by atoms with Gasteiger partial charge in [0.15, 0.2) is 0 Å². The molecule has 1 nitrogen and oxygen atoms in total. The van der Waals surface area contributed by atoms with Crippen LogP contribution in [0.15, 0.2) is 0 Å². The highest BCUT2D eigenvalue weighted by Gasteiger charge is 2.16. The van der Waals surface area contributed by atoms with Gasteiger partial charge in [0.1, 0.15) is 0 Å². The van der Waals surface area contributed by atoms with Crippen molar-refractivity contribution in [2.45, 2.75) is 33.1 Å². The van der Waals surface area contributed by atoms with Gasteiger partial charge in [-0.3, -0.25) is 0 Å². The number of halogens is 1. The van der Waals surface area contributed by atoms with Gasteiger partial charge in [-0.1, -0.05) is 13.8 Å². The largest absolute Gasteiger partial charge is 1.00 e. The third kappa shape index (κ3) is 3.71. The first kappa shape index (κ1) is 10.9. The molecule has 1 heterocycles. The van der Waals surface area contributed by atoms with E-state index in [1.54, 1.807) is 0 Å². The highest BCUT2D eigenvalue weighted by Crippen LogP contribution is 2.06. The van der Waals surface area contributed by atoms with Gasteiger partial charge in [0.25, 0.3) is 0 Å². The second kappa shape index (κ2) is 5.53. The fourth-order valence-corrected chi connectivity index (χ4v) is 1.77. The van der Waals surface area contributed by atoms with Gasteiger partial charge in [0, 0.05) is 0 Å². The highest BCUT2D eigenvalue weighted by atomic mass is 19.0. The summed E-state index contributed by atoms with van der Waals surface area (Å²) in [5.41, 5.74) is 0. The molecule has 0 spiro atoms. The second-order valence-electron chi connectivity index (χ2n) is 3.68. The van der Waals surface area contributed by atoms with Crippen LogP contribution in [0, 0.1) is 5.92 Å². The molecule has 1 aliphatic rings. The van der Waals surface area contributed by atoms with Gasteiger partial charge in [-0.15, -0.1) is 0 Å². The van der Waals surface area contributed by atoms with E-state index in [4.69, 9.17) is 0 Å². The maximum Gasteiger partial charge on any atom is 0.0773 e. The van der Waals surface area contributed by atoms with Crippen LogP contribution in [0.2, 0.25) is 0 Å². The van der Waals surface area contributed by atoms with Gasteiger partial charge in [-0.05, 0) is 25.2 Å². The highest BCUT2D eigenvalue weighted by molar-refractivity contribution is 4.55. The van der Waals surface area contributed by atoms with Gasteiger partial charge >= 0.3 is 0 Å². The van der Waals surface area contributed by atoms with Crippen LogP contribution >= 0.6 is 0 Å². The first-order valence-electron chi connectivity index (χ1n) is 4.66. The first-order chi connectivity index (χ1) is 4.83. The summed E-state index contributed by atoms with van der Waals surface area (Å²) in [6.45, 7) is 8.91. The third-order valence-corrected chi connectivity index (χ3v) is 2.58. The smallest absolute Gasteiger partial charge is 0.0773 e. The van der Waals surface area contributed by atoms with Crippen LogP contribution in [0.5, 0.6) is 0 Å². The number of rotatable bonds is 2.